The Morgan fingerprint density at radius 1 is 0.852 bits per heavy atom. The molecule has 0 aliphatic carbocycles. The third-order valence-electron chi connectivity index (χ3n) is 3.52. The van der Waals surface area contributed by atoms with Crippen LogP contribution >= 0.6 is 27.0 Å². The number of benzene rings is 1. The second-order valence-corrected chi connectivity index (χ2v) is 13.7. The summed E-state index contributed by atoms with van der Waals surface area (Å²) < 4.78 is 20.9. The van der Waals surface area contributed by atoms with Crippen LogP contribution in [0.2, 0.25) is 0 Å². The SMILES string of the molecule is CC(C)(C)c1cc(SC(P(=O)(O)O)P(=O)(O)O)cc(C(C)(C)C)c1O.[H-].[H-].[Na+].[Na+]. The second-order valence-electron chi connectivity index (χ2n) is 7.99. The van der Waals surface area contributed by atoms with Crippen molar-refractivity contribution in [3.63, 3.8) is 0 Å². The summed E-state index contributed by atoms with van der Waals surface area (Å²) in [4.78, 5) is 37.6. The summed E-state index contributed by atoms with van der Waals surface area (Å²) in [5, 5.41) is 10.6. The van der Waals surface area contributed by atoms with E-state index in [0.717, 1.165) is 0 Å². The maximum Gasteiger partial charge on any atom is 1.00 e. The molecule has 0 amide bonds. The topological polar surface area (TPSA) is 135 Å². The summed E-state index contributed by atoms with van der Waals surface area (Å²) in [7, 11) is -10.1. The van der Waals surface area contributed by atoms with Crippen LogP contribution in [0.15, 0.2) is 17.0 Å². The van der Waals surface area contributed by atoms with Crippen LogP contribution in [0.5, 0.6) is 5.75 Å². The Balaban J connectivity index is -0.000000781. The molecule has 148 valence electrons. The van der Waals surface area contributed by atoms with E-state index < -0.39 is 30.8 Å². The number of phenolic OH excluding ortho intramolecular Hbond substituents is 1. The first kappa shape index (κ1) is 30.9. The van der Waals surface area contributed by atoms with Gasteiger partial charge in [0.2, 0.25) is 4.73 Å². The average Bonchev–Trinajstić information content (AvgIpc) is 2.31. The van der Waals surface area contributed by atoms with Gasteiger partial charge in [0, 0.05) is 16.0 Å². The van der Waals surface area contributed by atoms with Crippen LogP contribution < -0.4 is 59.1 Å². The Morgan fingerprint density at radius 2 is 1.15 bits per heavy atom. The molecule has 7 nitrogen and oxygen atoms in total. The van der Waals surface area contributed by atoms with Crippen LogP contribution in [0.25, 0.3) is 0 Å². The third kappa shape index (κ3) is 8.74. The molecule has 0 spiro atoms. The van der Waals surface area contributed by atoms with Gasteiger partial charge < -0.3 is 27.5 Å². The van der Waals surface area contributed by atoms with E-state index in [1.165, 1.54) is 12.1 Å². The first-order valence-electron chi connectivity index (χ1n) is 7.50. The molecule has 27 heavy (non-hydrogen) atoms. The molecule has 0 unspecified atom stereocenters. The van der Waals surface area contributed by atoms with Gasteiger partial charge in [0.25, 0.3) is 0 Å². The molecule has 0 aromatic heterocycles. The molecule has 1 aromatic rings. The largest absolute Gasteiger partial charge is 1.00 e. The molecule has 0 saturated heterocycles. The van der Waals surface area contributed by atoms with E-state index in [4.69, 9.17) is 0 Å². The zero-order valence-electron chi connectivity index (χ0n) is 19.1. The number of aromatic hydroxyl groups is 1. The number of hydrogen-bond acceptors (Lipinski definition) is 4. The van der Waals surface area contributed by atoms with Crippen molar-refractivity contribution in [1.82, 2.24) is 0 Å². The summed E-state index contributed by atoms with van der Waals surface area (Å²) in [5.74, 6) is 0.0771. The van der Waals surface area contributed by atoms with Gasteiger partial charge in [-0.1, -0.05) is 53.3 Å². The zero-order valence-corrected chi connectivity index (χ0v) is 23.7. The van der Waals surface area contributed by atoms with E-state index >= 15 is 0 Å². The standard InChI is InChI=1S/C15H26O7P2S.2Na.2H/c1-14(2,3)10-7-9(8-11(12(10)16)15(4,5)6)25-13(23(17,18)19)24(20,21)22;;;;/h7-8,13,16H,1-6H3,(H2,17,18,19)(H2,20,21,22);;;;/q;2*+1;2*-1. The van der Waals surface area contributed by atoms with Crippen molar-refractivity contribution in [3.05, 3.63) is 23.3 Å². The molecule has 0 heterocycles. The van der Waals surface area contributed by atoms with Crippen molar-refractivity contribution in [3.8, 4) is 5.75 Å². The minimum Gasteiger partial charge on any atom is -1.00 e. The Hall–Kier alpha value is 1.67. The van der Waals surface area contributed by atoms with E-state index in [2.05, 4.69) is 0 Å². The van der Waals surface area contributed by atoms with Crippen molar-refractivity contribution in [1.29, 1.82) is 0 Å². The molecule has 0 bridgehead atoms. The van der Waals surface area contributed by atoms with Gasteiger partial charge in [-0.2, -0.15) is 0 Å². The molecule has 0 aliphatic rings. The van der Waals surface area contributed by atoms with Gasteiger partial charge in [0.1, 0.15) is 5.75 Å². The van der Waals surface area contributed by atoms with Crippen molar-refractivity contribution in [2.45, 2.75) is 62.0 Å². The van der Waals surface area contributed by atoms with Crippen molar-refractivity contribution in [2.75, 3.05) is 0 Å². The van der Waals surface area contributed by atoms with Crippen LogP contribution in [0.1, 0.15) is 55.5 Å². The summed E-state index contributed by atoms with van der Waals surface area (Å²) in [6, 6.07) is 3.04. The van der Waals surface area contributed by atoms with E-state index in [1.54, 1.807) is 0 Å². The van der Waals surface area contributed by atoms with Gasteiger partial charge in [-0.05, 0) is 23.0 Å². The number of hydrogen-bond donors (Lipinski definition) is 5. The maximum absolute atomic E-state index is 11.5. The van der Waals surface area contributed by atoms with Gasteiger partial charge >= 0.3 is 74.3 Å². The quantitative estimate of drug-likeness (QED) is 0.197. The molecular formula is C15H28Na2O7P2S. The van der Waals surface area contributed by atoms with Gasteiger partial charge in [-0.25, -0.2) is 0 Å². The Kier molecular flexibility index (Phi) is 11.8. The van der Waals surface area contributed by atoms with E-state index in [0.29, 0.717) is 22.9 Å². The predicted octanol–water partition coefficient (Wildman–Crippen LogP) is -2.05. The number of thioether (sulfide) groups is 1. The van der Waals surface area contributed by atoms with E-state index in [1.807, 2.05) is 41.5 Å². The molecule has 12 heteroatoms. The van der Waals surface area contributed by atoms with Crippen LogP contribution in [0.3, 0.4) is 0 Å². The van der Waals surface area contributed by atoms with Gasteiger partial charge in [-0.3, -0.25) is 9.13 Å². The summed E-state index contributed by atoms with van der Waals surface area (Å²) >= 11 is 0.435. The minimum atomic E-state index is -5.05. The molecule has 0 fully saturated rings. The molecule has 0 saturated carbocycles. The Bertz CT molecular complexity index is 701. The molecule has 1 aromatic carbocycles. The van der Waals surface area contributed by atoms with Crippen molar-refractivity contribution >= 4 is 27.0 Å². The average molecular weight is 460 g/mol. The van der Waals surface area contributed by atoms with Crippen LogP contribution in [0.4, 0.5) is 0 Å². The van der Waals surface area contributed by atoms with Gasteiger partial charge in [0.15, 0.2) is 0 Å². The molecular weight excluding hydrogens is 432 g/mol. The fraction of sp³-hybridized carbons (Fsp3) is 0.600. The first-order valence-corrected chi connectivity index (χ1v) is 11.7. The summed E-state index contributed by atoms with van der Waals surface area (Å²) in [6.45, 7) is 11.2. The number of rotatable bonds is 4. The first-order chi connectivity index (χ1) is 10.8. The van der Waals surface area contributed by atoms with Crippen molar-refractivity contribution in [2.24, 2.45) is 0 Å². The smallest absolute Gasteiger partial charge is 1.00 e. The van der Waals surface area contributed by atoms with Crippen LogP contribution in [-0.4, -0.2) is 29.4 Å². The Morgan fingerprint density at radius 3 is 1.37 bits per heavy atom. The third-order valence-corrected chi connectivity index (χ3v) is 9.47. The van der Waals surface area contributed by atoms with Crippen LogP contribution in [0, 0.1) is 0 Å². The second kappa shape index (κ2) is 10.3. The monoisotopic (exact) mass is 460 g/mol. The molecule has 1 rings (SSSR count). The van der Waals surface area contributed by atoms with Crippen molar-refractivity contribution < 1.29 is 95.8 Å². The molecule has 0 radical (unpaired) electrons. The maximum atomic E-state index is 11.5. The molecule has 5 N–H and O–H groups in total. The summed E-state index contributed by atoms with van der Waals surface area (Å²) in [6.07, 6.45) is 0. The fourth-order valence-electron chi connectivity index (χ4n) is 2.27. The normalized spacial score (nSPS) is 13.1. The Labute approximate surface area is 212 Å². The van der Waals surface area contributed by atoms with Crippen LogP contribution in [-0.2, 0) is 20.0 Å². The summed E-state index contributed by atoms with van der Waals surface area (Å²) in [5.41, 5.74) is 0.135. The predicted molar refractivity (Wildman–Crippen MR) is 101 cm³/mol. The van der Waals surface area contributed by atoms with Gasteiger partial charge in [0.05, 0.1) is 0 Å². The fourth-order valence-corrected chi connectivity index (χ4v) is 6.29. The minimum absolute atomic E-state index is 0. The zero-order chi connectivity index (χ0) is 20.0. The van der Waals surface area contributed by atoms with Gasteiger partial charge in [-0.15, -0.1) is 0 Å². The van der Waals surface area contributed by atoms with E-state index in [9.17, 15) is 33.8 Å². The molecule has 0 aliphatic heterocycles. The van der Waals surface area contributed by atoms with E-state index in [-0.39, 0.29) is 72.6 Å². The number of phenols is 1. The molecule has 0 atom stereocenters.